The second kappa shape index (κ2) is 7.63. The molecule has 0 aliphatic carbocycles. The lowest BCUT2D eigenvalue weighted by Crippen LogP contribution is -2.44. The van der Waals surface area contributed by atoms with E-state index in [1.54, 1.807) is 12.1 Å². The number of amides is 1. The molecule has 0 fully saturated rings. The second-order valence-electron chi connectivity index (χ2n) is 5.89. The number of aryl methyl sites for hydroxylation is 2. The topological polar surface area (TPSA) is 88.4 Å². The Morgan fingerprint density at radius 1 is 1.21 bits per heavy atom. The zero-order valence-corrected chi connectivity index (χ0v) is 14.8. The van der Waals surface area contributed by atoms with Gasteiger partial charge in [-0.05, 0) is 38.5 Å². The van der Waals surface area contributed by atoms with E-state index in [0.29, 0.717) is 11.3 Å². The van der Waals surface area contributed by atoms with Crippen molar-refractivity contribution in [1.29, 1.82) is 0 Å². The maximum Gasteiger partial charge on any atom is 0.238 e. The van der Waals surface area contributed by atoms with Crippen LogP contribution in [-0.2, 0) is 27.1 Å². The Kier molecular flexibility index (Phi) is 5.80. The normalized spacial score (nSPS) is 12.8. The Hall–Kier alpha value is -2.12. The Morgan fingerprint density at radius 3 is 2.46 bits per heavy atom. The molecule has 2 rings (SSSR count). The van der Waals surface area contributed by atoms with E-state index >= 15 is 0 Å². The molecule has 2 N–H and O–H groups in total. The molecular formula is C17H22N2O4S. The van der Waals surface area contributed by atoms with Crippen molar-refractivity contribution < 1.29 is 17.6 Å². The van der Waals surface area contributed by atoms with Crippen LogP contribution in [0, 0.1) is 13.8 Å². The van der Waals surface area contributed by atoms with Gasteiger partial charge < -0.3 is 9.73 Å². The first-order chi connectivity index (χ1) is 11.2. The van der Waals surface area contributed by atoms with Gasteiger partial charge in [0.25, 0.3) is 0 Å². The molecular weight excluding hydrogens is 328 g/mol. The van der Waals surface area contributed by atoms with Gasteiger partial charge in [0.05, 0.1) is 24.6 Å². The van der Waals surface area contributed by atoms with Crippen molar-refractivity contribution in [2.45, 2.75) is 39.1 Å². The number of furan rings is 1. The number of sulfonamides is 1. The lowest BCUT2D eigenvalue weighted by molar-refractivity contribution is -0.122. The van der Waals surface area contributed by atoms with Crippen LogP contribution < -0.4 is 10.0 Å². The van der Waals surface area contributed by atoms with Gasteiger partial charge in [0.15, 0.2) is 0 Å². The molecule has 1 aromatic carbocycles. The average molecular weight is 350 g/mol. The molecule has 0 saturated carbocycles. The summed E-state index contributed by atoms with van der Waals surface area (Å²) in [7, 11) is -3.62. The van der Waals surface area contributed by atoms with Gasteiger partial charge in [-0.15, -0.1) is 0 Å². The summed E-state index contributed by atoms with van der Waals surface area (Å²) in [6, 6.07) is 8.22. The number of hydrogen-bond acceptors (Lipinski definition) is 4. The minimum atomic E-state index is -3.62. The first-order valence-corrected chi connectivity index (χ1v) is 9.28. The minimum absolute atomic E-state index is 0.161. The molecule has 7 heteroatoms. The maximum absolute atomic E-state index is 12.3. The first kappa shape index (κ1) is 18.2. The van der Waals surface area contributed by atoms with Crippen molar-refractivity contribution in [3.63, 3.8) is 0 Å². The predicted molar refractivity (Wildman–Crippen MR) is 91.7 cm³/mol. The number of carbonyl (C=O) groups is 1. The summed E-state index contributed by atoms with van der Waals surface area (Å²) in [6.07, 6.45) is 1.51. The molecule has 130 valence electrons. The van der Waals surface area contributed by atoms with E-state index in [1.807, 2.05) is 32.0 Å². The zero-order chi connectivity index (χ0) is 17.7. The Labute approximate surface area is 142 Å². The van der Waals surface area contributed by atoms with E-state index < -0.39 is 22.0 Å². The number of benzene rings is 1. The fraction of sp³-hybridized carbons (Fsp3) is 0.353. The highest BCUT2D eigenvalue weighted by atomic mass is 32.2. The zero-order valence-electron chi connectivity index (χ0n) is 14.0. The molecule has 0 bridgehead atoms. The summed E-state index contributed by atoms with van der Waals surface area (Å²) in [4.78, 5) is 12.0. The van der Waals surface area contributed by atoms with Crippen molar-refractivity contribution in [3.05, 3.63) is 59.0 Å². The standard InChI is InChI=1S/C17H22N2O4S/c1-12-7-13(2)9-15(8-12)11-24(21,22)19-14(3)17(20)18-10-16-5-4-6-23-16/h4-9,14,19H,10-11H2,1-3H3,(H,18,20). The van der Waals surface area contributed by atoms with Crippen LogP contribution in [0.25, 0.3) is 0 Å². The number of rotatable bonds is 7. The van der Waals surface area contributed by atoms with Gasteiger partial charge >= 0.3 is 0 Å². The molecule has 1 amide bonds. The number of carbonyl (C=O) groups excluding carboxylic acids is 1. The Balaban J connectivity index is 1.93. The SMILES string of the molecule is Cc1cc(C)cc(CS(=O)(=O)NC(C)C(=O)NCc2ccco2)c1. The maximum atomic E-state index is 12.3. The number of nitrogens with one attached hydrogen (secondary N) is 2. The molecule has 0 aliphatic rings. The summed E-state index contributed by atoms with van der Waals surface area (Å²) in [5.41, 5.74) is 2.71. The quantitative estimate of drug-likeness (QED) is 0.800. The van der Waals surface area contributed by atoms with E-state index in [-0.39, 0.29) is 12.3 Å². The molecule has 1 heterocycles. The van der Waals surface area contributed by atoms with Gasteiger partial charge in [0.2, 0.25) is 15.9 Å². The molecule has 24 heavy (non-hydrogen) atoms. The van der Waals surface area contributed by atoms with Crippen molar-refractivity contribution in [2.75, 3.05) is 0 Å². The Morgan fingerprint density at radius 2 is 1.88 bits per heavy atom. The van der Waals surface area contributed by atoms with Gasteiger partial charge in [-0.25, -0.2) is 13.1 Å². The first-order valence-electron chi connectivity index (χ1n) is 7.62. The van der Waals surface area contributed by atoms with E-state index in [1.165, 1.54) is 13.2 Å². The molecule has 2 aromatic rings. The van der Waals surface area contributed by atoms with Crippen LogP contribution in [0.2, 0.25) is 0 Å². The summed E-state index contributed by atoms with van der Waals surface area (Å²) >= 11 is 0. The average Bonchev–Trinajstić information content (AvgIpc) is 2.95. The molecule has 6 nitrogen and oxygen atoms in total. The molecule has 1 atom stereocenters. The highest BCUT2D eigenvalue weighted by Crippen LogP contribution is 2.12. The van der Waals surface area contributed by atoms with Crippen molar-refractivity contribution in [2.24, 2.45) is 0 Å². The van der Waals surface area contributed by atoms with Gasteiger partial charge in [-0.1, -0.05) is 29.3 Å². The highest BCUT2D eigenvalue weighted by molar-refractivity contribution is 7.88. The fourth-order valence-corrected chi connectivity index (χ4v) is 3.81. The van der Waals surface area contributed by atoms with E-state index in [4.69, 9.17) is 4.42 Å². The smallest absolute Gasteiger partial charge is 0.238 e. The molecule has 0 aliphatic heterocycles. The lowest BCUT2D eigenvalue weighted by atomic mass is 10.1. The van der Waals surface area contributed by atoms with Gasteiger partial charge in [0.1, 0.15) is 5.76 Å². The third-order valence-corrected chi connectivity index (χ3v) is 4.83. The monoisotopic (exact) mass is 350 g/mol. The van der Waals surface area contributed by atoms with Crippen LogP contribution in [0.1, 0.15) is 29.4 Å². The largest absolute Gasteiger partial charge is 0.467 e. The second-order valence-corrected chi connectivity index (χ2v) is 7.65. The number of hydrogen-bond donors (Lipinski definition) is 2. The molecule has 1 unspecified atom stereocenters. The van der Waals surface area contributed by atoms with Gasteiger partial charge in [0, 0.05) is 0 Å². The van der Waals surface area contributed by atoms with Crippen LogP contribution in [0.15, 0.2) is 41.0 Å². The van der Waals surface area contributed by atoms with Crippen molar-refractivity contribution in [3.8, 4) is 0 Å². The van der Waals surface area contributed by atoms with E-state index in [2.05, 4.69) is 10.0 Å². The third-order valence-electron chi connectivity index (χ3n) is 3.40. The lowest BCUT2D eigenvalue weighted by Gasteiger charge is -2.14. The summed E-state index contributed by atoms with van der Waals surface area (Å²) in [5.74, 6) is 0.0368. The van der Waals surface area contributed by atoms with Gasteiger partial charge in [-0.3, -0.25) is 4.79 Å². The molecule has 0 saturated heterocycles. The van der Waals surface area contributed by atoms with Crippen molar-refractivity contribution in [1.82, 2.24) is 10.0 Å². The summed E-state index contributed by atoms with van der Waals surface area (Å²) in [6.45, 7) is 5.56. The summed E-state index contributed by atoms with van der Waals surface area (Å²) < 4.78 is 32.0. The predicted octanol–water partition coefficient (Wildman–Crippen LogP) is 2.02. The Bertz CT molecular complexity index is 778. The van der Waals surface area contributed by atoms with Crippen LogP contribution in [0.5, 0.6) is 0 Å². The van der Waals surface area contributed by atoms with Crippen LogP contribution in [-0.4, -0.2) is 20.4 Å². The van der Waals surface area contributed by atoms with E-state index in [9.17, 15) is 13.2 Å². The minimum Gasteiger partial charge on any atom is -0.467 e. The third kappa shape index (κ3) is 5.50. The van der Waals surface area contributed by atoms with Crippen molar-refractivity contribution >= 4 is 15.9 Å². The fourth-order valence-electron chi connectivity index (χ4n) is 2.48. The highest BCUT2D eigenvalue weighted by Gasteiger charge is 2.20. The van der Waals surface area contributed by atoms with Crippen LogP contribution in [0.4, 0.5) is 0 Å². The van der Waals surface area contributed by atoms with Crippen LogP contribution in [0.3, 0.4) is 0 Å². The molecule has 1 aromatic heterocycles. The van der Waals surface area contributed by atoms with E-state index in [0.717, 1.165) is 11.1 Å². The molecule has 0 radical (unpaired) electrons. The van der Waals surface area contributed by atoms with Gasteiger partial charge in [-0.2, -0.15) is 0 Å². The molecule has 0 spiro atoms. The summed E-state index contributed by atoms with van der Waals surface area (Å²) in [5, 5.41) is 2.63. The van der Waals surface area contributed by atoms with Crippen LogP contribution >= 0.6 is 0 Å².